The first kappa shape index (κ1) is 21.9. The fourth-order valence-electron chi connectivity index (χ4n) is 2.62. The van der Waals surface area contributed by atoms with E-state index in [-0.39, 0.29) is 22.9 Å². The maximum Gasteiger partial charge on any atom is 0.251 e. The van der Waals surface area contributed by atoms with E-state index in [9.17, 15) is 13.2 Å². The number of carbonyl (C=O) groups excluding carboxylic acids is 1. The zero-order chi connectivity index (χ0) is 20.9. The second kappa shape index (κ2) is 9.21. The number of nitrogens with zero attached hydrogens (tertiary/aromatic N) is 1. The summed E-state index contributed by atoms with van der Waals surface area (Å²) in [5.41, 5.74) is 1.23. The van der Waals surface area contributed by atoms with E-state index < -0.39 is 10.0 Å². The Morgan fingerprint density at radius 1 is 1.11 bits per heavy atom. The van der Waals surface area contributed by atoms with Crippen LogP contribution in [0.25, 0.3) is 0 Å². The minimum atomic E-state index is -3.65. The number of nitrogens with one attached hydrogen (secondary N) is 1. The zero-order valence-electron chi connectivity index (χ0n) is 17.0. The van der Waals surface area contributed by atoms with Crippen molar-refractivity contribution in [2.75, 3.05) is 13.7 Å². The fourth-order valence-corrected chi connectivity index (χ4v) is 4.04. The highest BCUT2D eigenvalue weighted by molar-refractivity contribution is 7.89. The minimum Gasteiger partial charge on any atom is -0.494 e. The van der Waals surface area contributed by atoms with Crippen LogP contribution >= 0.6 is 0 Å². The van der Waals surface area contributed by atoms with Gasteiger partial charge >= 0.3 is 0 Å². The first-order chi connectivity index (χ1) is 13.2. The zero-order valence-corrected chi connectivity index (χ0v) is 17.8. The van der Waals surface area contributed by atoms with Gasteiger partial charge in [-0.15, -0.1) is 0 Å². The SMILES string of the molecule is CCOc1ccc(C(C)NC(=O)c2cccc(S(=O)(=O)N(C)C(C)C)c2)cc1. The number of hydrogen-bond acceptors (Lipinski definition) is 4. The first-order valence-electron chi connectivity index (χ1n) is 9.28. The monoisotopic (exact) mass is 404 g/mol. The van der Waals surface area contributed by atoms with E-state index in [1.54, 1.807) is 26.0 Å². The predicted octanol–water partition coefficient (Wildman–Crippen LogP) is 3.61. The van der Waals surface area contributed by atoms with Crippen LogP contribution < -0.4 is 10.1 Å². The van der Waals surface area contributed by atoms with Gasteiger partial charge in [-0.2, -0.15) is 4.31 Å². The van der Waals surface area contributed by atoms with E-state index in [0.29, 0.717) is 12.2 Å². The number of sulfonamides is 1. The van der Waals surface area contributed by atoms with Gasteiger partial charge in [-0.1, -0.05) is 18.2 Å². The van der Waals surface area contributed by atoms with Gasteiger partial charge in [0.1, 0.15) is 5.75 Å². The van der Waals surface area contributed by atoms with Crippen LogP contribution in [0.5, 0.6) is 5.75 Å². The highest BCUT2D eigenvalue weighted by Gasteiger charge is 2.24. The molecule has 0 radical (unpaired) electrons. The average Bonchev–Trinajstić information content (AvgIpc) is 2.68. The topological polar surface area (TPSA) is 75.7 Å². The van der Waals surface area contributed by atoms with Crippen molar-refractivity contribution in [2.45, 2.75) is 44.7 Å². The van der Waals surface area contributed by atoms with Crippen molar-refractivity contribution < 1.29 is 17.9 Å². The lowest BCUT2D eigenvalue weighted by Crippen LogP contribution is -2.33. The lowest BCUT2D eigenvalue weighted by atomic mass is 10.1. The highest BCUT2D eigenvalue weighted by atomic mass is 32.2. The number of benzene rings is 2. The van der Waals surface area contributed by atoms with Crippen LogP contribution in [0.4, 0.5) is 0 Å². The van der Waals surface area contributed by atoms with Gasteiger partial charge in [-0.05, 0) is 63.6 Å². The summed E-state index contributed by atoms with van der Waals surface area (Å²) in [7, 11) is -2.12. The summed E-state index contributed by atoms with van der Waals surface area (Å²) in [4.78, 5) is 12.7. The van der Waals surface area contributed by atoms with Gasteiger partial charge in [-0.3, -0.25) is 4.79 Å². The number of rotatable bonds is 8. The van der Waals surface area contributed by atoms with Gasteiger partial charge in [0.25, 0.3) is 5.91 Å². The Morgan fingerprint density at radius 2 is 1.75 bits per heavy atom. The summed E-state index contributed by atoms with van der Waals surface area (Å²) in [6.45, 7) is 7.99. The molecule has 2 aromatic rings. The molecular weight excluding hydrogens is 376 g/mol. The Kier molecular flexibility index (Phi) is 7.21. The molecule has 0 aromatic heterocycles. The Balaban J connectivity index is 2.16. The van der Waals surface area contributed by atoms with E-state index in [0.717, 1.165) is 11.3 Å². The molecule has 0 spiro atoms. The summed E-state index contributed by atoms with van der Waals surface area (Å²) in [6.07, 6.45) is 0. The van der Waals surface area contributed by atoms with Crippen molar-refractivity contribution in [3.8, 4) is 5.75 Å². The van der Waals surface area contributed by atoms with Crippen LogP contribution in [0.3, 0.4) is 0 Å². The van der Waals surface area contributed by atoms with Crippen molar-refractivity contribution in [3.63, 3.8) is 0 Å². The smallest absolute Gasteiger partial charge is 0.251 e. The molecule has 0 heterocycles. The molecule has 152 valence electrons. The van der Waals surface area contributed by atoms with Crippen LogP contribution in [-0.4, -0.2) is 38.3 Å². The molecule has 28 heavy (non-hydrogen) atoms. The number of amides is 1. The van der Waals surface area contributed by atoms with Crippen molar-refractivity contribution in [2.24, 2.45) is 0 Å². The van der Waals surface area contributed by atoms with Gasteiger partial charge in [0.15, 0.2) is 0 Å². The van der Waals surface area contributed by atoms with Crippen LogP contribution in [0.2, 0.25) is 0 Å². The molecule has 0 aliphatic carbocycles. The van der Waals surface area contributed by atoms with Crippen molar-refractivity contribution in [3.05, 3.63) is 59.7 Å². The number of hydrogen-bond donors (Lipinski definition) is 1. The van der Waals surface area contributed by atoms with Crippen molar-refractivity contribution in [1.29, 1.82) is 0 Å². The third-order valence-electron chi connectivity index (χ3n) is 4.54. The Morgan fingerprint density at radius 3 is 2.32 bits per heavy atom. The predicted molar refractivity (Wildman–Crippen MR) is 110 cm³/mol. The second-order valence-electron chi connectivity index (χ2n) is 6.84. The summed E-state index contributed by atoms with van der Waals surface area (Å²) < 4.78 is 32.0. The van der Waals surface area contributed by atoms with Crippen LogP contribution in [0.1, 0.15) is 49.7 Å². The fraction of sp³-hybridized carbons (Fsp3) is 0.381. The molecule has 1 atom stereocenters. The molecule has 0 saturated heterocycles. The van der Waals surface area contributed by atoms with E-state index in [2.05, 4.69) is 5.32 Å². The van der Waals surface area contributed by atoms with Gasteiger partial charge in [0.05, 0.1) is 17.5 Å². The third kappa shape index (κ3) is 5.11. The number of ether oxygens (including phenoxy) is 1. The van der Waals surface area contributed by atoms with Crippen molar-refractivity contribution in [1.82, 2.24) is 9.62 Å². The van der Waals surface area contributed by atoms with Crippen LogP contribution in [-0.2, 0) is 10.0 Å². The molecule has 0 aliphatic heterocycles. The van der Waals surface area contributed by atoms with E-state index in [4.69, 9.17) is 4.74 Å². The summed E-state index contributed by atoms with van der Waals surface area (Å²) >= 11 is 0. The average molecular weight is 405 g/mol. The summed E-state index contributed by atoms with van der Waals surface area (Å²) in [5.74, 6) is 0.447. The quantitative estimate of drug-likeness (QED) is 0.729. The molecule has 0 aliphatic rings. The Labute approximate surface area is 167 Å². The third-order valence-corrected chi connectivity index (χ3v) is 6.57. The van der Waals surface area contributed by atoms with Crippen LogP contribution in [0.15, 0.2) is 53.4 Å². The normalized spacial score (nSPS) is 12.8. The maximum atomic E-state index is 12.7. The largest absolute Gasteiger partial charge is 0.494 e. The molecule has 0 bridgehead atoms. The lowest BCUT2D eigenvalue weighted by Gasteiger charge is -2.21. The molecule has 0 fully saturated rings. The van der Waals surface area contributed by atoms with Gasteiger partial charge in [0.2, 0.25) is 10.0 Å². The molecule has 0 saturated carbocycles. The number of carbonyl (C=O) groups is 1. The summed E-state index contributed by atoms with van der Waals surface area (Å²) in [6, 6.07) is 13.2. The summed E-state index contributed by atoms with van der Waals surface area (Å²) in [5, 5.41) is 2.91. The van der Waals surface area contributed by atoms with Crippen molar-refractivity contribution >= 4 is 15.9 Å². The van der Waals surface area contributed by atoms with Crippen LogP contribution in [0, 0.1) is 0 Å². The van der Waals surface area contributed by atoms with Gasteiger partial charge in [0, 0.05) is 18.7 Å². The van der Waals surface area contributed by atoms with E-state index in [1.165, 1.54) is 23.5 Å². The Bertz CT molecular complexity index is 908. The minimum absolute atomic E-state index is 0.102. The van der Waals surface area contributed by atoms with E-state index >= 15 is 0 Å². The van der Waals surface area contributed by atoms with Gasteiger partial charge < -0.3 is 10.1 Å². The molecule has 6 nitrogen and oxygen atoms in total. The highest BCUT2D eigenvalue weighted by Crippen LogP contribution is 2.20. The Hall–Kier alpha value is -2.38. The molecule has 1 unspecified atom stereocenters. The van der Waals surface area contributed by atoms with Gasteiger partial charge in [-0.25, -0.2) is 8.42 Å². The molecule has 1 amide bonds. The molecular formula is C21H28N2O4S. The molecule has 7 heteroatoms. The molecule has 1 N–H and O–H groups in total. The second-order valence-corrected chi connectivity index (χ2v) is 8.84. The standard InChI is InChI=1S/C21H28N2O4S/c1-6-27-19-12-10-17(11-13-19)16(4)22-21(24)18-8-7-9-20(14-18)28(25,26)23(5)15(2)3/h7-16H,6H2,1-5H3,(H,22,24). The molecule has 2 aromatic carbocycles. The maximum absolute atomic E-state index is 12.7. The molecule has 2 rings (SSSR count). The first-order valence-corrected chi connectivity index (χ1v) is 10.7. The lowest BCUT2D eigenvalue weighted by molar-refractivity contribution is 0.0939. The van der Waals surface area contributed by atoms with E-state index in [1.807, 2.05) is 38.1 Å².